The molecule has 0 aromatic carbocycles. The summed E-state index contributed by atoms with van der Waals surface area (Å²) in [4.78, 5) is 5.40. The molecule has 4 heteroatoms. The van der Waals surface area contributed by atoms with Crippen molar-refractivity contribution in [3.05, 3.63) is 50.9 Å². The van der Waals surface area contributed by atoms with E-state index in [0.717, 1.165) is 12.6 Å². The first-order valence-corrected chi connectivity index (χ1v) is 11.5. The van der Waals surface area contributed by atoms with Crippen molar-refractivity contribution in [2.24, 2.45) is 0 Å². The molecule has 25 heavy (non-hydrogen) atoms. The van der Waals surface area contributed by atoms with Gasteiger partial charge in [-0.05, 0) is 102 Å². The van der Waals surface area contributed by atoms with Gasteiger partial charge in [-0.25, -0.2) is 0 Å². The third-order valence-corrected chi connectivity index (χ3v) is 7.05. The molecule has 2 aliphatic heterocycles. The first-order valence-electron chi connectivity index (χ1n) is 9.62. The summed E-state index contributed by atoms with van der Waals surface area (Å²) in [6, 6.07) is 5.33. The molecule has 2 aliphatic rings. The Morgan fingerprint density at radius 2 is 1.56 bits per heavy atom. The summed E-state index contributed by atoms with van der Waals surface area (Å²) in [6.07, 6.45) is 9.40. The van der Waals surface area contributed by atoms with Gasteiger partial charge in [-0.1, -0.05) is 12.5 Å². The van der Waals surface area contributed by atoms with Crippen LogP contribution in [0.25, 0.3) is 5.57 Å². The Bertz CT molecular complexity index is 610. The molecule has 0 spiro atoms. The van der Waals surface area contributed by atoms with E-state index in [0.29, 0.717) is 0 Å². The van der Waals surface area contributed by atoms with Gasteiger partial charge < -0.3 is 4.90 Å². The van der Waals surface area contributed by atoms with Crippen LogP contribution in [0.1, 0.15) is 43.2 Å². The highest BCUT2D eigenvalue weighted by Gasteiger charge is 2.25. The molecule has 0 N–H and O–H groups in total. The van der Waals surface area contributed by atoms with E-state index in [-0.39, 0.29) is 0 Å². The van der Waals surface area contributed by atoms with Crippen LogP contribution in [0.15, 0.2) is 39.7 Å². The molecule has 2 aromatic heterocycles. The molecule has 2 aromatic rings. The Balaban J connectivity index is 1.36. The Hall–Kier alpha value is -0.940. The van der Waals surface area contributed by atoms with Gasteiger partial charge in [-0.15, -0.1) is 0 Å². The van der Waals surface area contributed by atoms with E-state index in [2.05, 4.69) is 49.5 Å². The maximum absolute atomic E-state index is 2.76. The first-order chi connectivity index (χ1) is 12.4. The zero-order chi connectivity index (χ0) is 16.9. The van der Waals surface area contributed by atoms with Gasteiger partial charge in [0.1, 0.15) is 0 Å². The van der Waals surface area contributed by atoms with Gasteiger partial charge in [0.25, 0.3) is 0 Å². The van der Waals surface area contributed by atoms with Gasteiger partial charge >= 0.3 is 0 Å². The fourth-order valence-electron chi connectivity index (χ4n) is 4.21. The highest BCUT2D eigenvalue weighted by molar-refractivity contribution is 7.08. The van der Waals surface area contributed by atoms with Gasteiger partial charge in [0, 0.05) is 12.6 Å². The standard InChI is InChI=1S/C21H28N2S2/c1-2-9-23(10-3-1)20-4-11-22(12-5-20)13-6-21(18-7-14-24-16-18)19-8-15-25-17-19/h6-8,14-17,20H,1-5,9-13H2. The third kappa shape index (κ3) is 4.43. The Kier molecular flexibility index (Phi) is 6.03. The molecular weight excluding hydrogens is 344 g/mol. The molecule has 134 valence electrons. The molecule has 0 saturated carbocycles. The van der Waals surface area contributed by atoms with Gasteiger partial charge in [0.15, 0.2) is 0 Å². The number of likely N-dealkylation sites (tertiary alicyclic amines) is 2. The topological polar surface area (TPSA) is 6.48 Å². The van der Waals surface area contributed by atoms with Crippen LogP contribution in [0.2, 0.25) is 0 Å². The van der Waals surface area contributed by atoms with Crippen LogP contribution >= 0.6 is 22.7 Å². The second-order valence-corrected chi connectivity index (χ2v) is 8.83. The average molecular weight is 373 g/mol. The number of rotatable bonds is 5. The van der Waals surface area contributed by atoms with Crippen molar-refractivity contribution < 1.29 is 0 Å². The third-order valence-electron chi connectivity index (χ3n) is 5.68. The number of hydrogen-bond acceptors (Lipinski definition) is 4. The summed E-state index contributed by atoms with van der Waals surface area (Å²) in [6.45, 7) is 6.25. The lowest BCUT2D eigenvalue weighted by molar-refractivity contribution is 0.0974. The van der Waals surface area contributed by atoms with E-state index in [4.69, 9.17) is 0 Å². The highest BCUT2D eigenvalue weighted by atomic mass is 32.1. The van der Waals surface area contributed by atoms with Crippen LogP contribution in [-0.2, 0) is 0 Å². The van der Waals surface area contributed by atoms with Crippen LogP contribution in [0.3, 0.4) is 0 Å². The fourth-order valence-corrected chi connectivity index (χ4v) is 5.52. The van der Waals surface area contributed by atoms with Crippen LogP contribution in [0.4, 0.5) is 0 Å². The second-order valence-electron chi connectivity index (χ2n) is 7.27. The fraction of sp³-hybridized carbons (Fsp3) is 0.524. The van der Waals surface area contributed by atoms with Crippen LogP contribution in [0, 0.1) is 0 Å². The Morgan fingerprint density at radius 1 is 0.920 bits per heavy atom. The first kappa shape index (κ1) is 17.5. The summed E-state index contributed by atoms with van der Waals surface area (Å²) in [7, 11) is 0. The molecule has 2 nitrogen and oxygen atoms in total. The lowest BCUT2D eigenvalue weighted by Crippen LogP contribution is -2.46. The molecule has 2 fully saturated rings. The van der Waals surface area contributed by atoms with E-state index in [9.17, 15) is 0 Å². The monoisotopic (exact) mass is 372 g/mol. The predicted octanol–water partition coefficient (Wildman–Crippen LogP) is 5.19. The van der Waals surface area contributed by atoms with Gasteiger partial charge in [-0.2, -0.15) is 22.7 Å². The number of hydrogen-bond donors (Lipinski definition) is 0. The van der Waals surface area contributed by atoms with Crippen molar-refractivity contribution >= 4 is 28.2 Å². The molecule has 2 saturated heterocycles. The molecule has 4 rings (SSSR count). The zero-order valence-corrected chi connectivity index (χ0v) is 16.5. The predicted molar refractivity (Wildman–Crippen MR) is 111 cm³/mol. The van der Waals surface area contributed by atoms with E-state index in [1.165, 1.54) is 75.0 Å². The molecule has 0 unspecified atom stereocenters. The van der Waals surface area contributed by atoms with Crippen LogP contribution in [0.5, 0.6) is 0 Å². The minimum atomic E-state index is 0.841. The largest absolute Gasteiger partial charge is 0.300 e. The van der Waals surface area contributed by atoms with E-state index < -0.39 is 0 Å². The van der Waals surface area contributed by atoms with Crippen molar-refractivity contribution in [3.8, 4) is 0 Å². The summed E-state index contributed by atoms with van der Waals surface area (Å²) >= 11 is 3.57. The number of thiophene rings is 2. The molecule has 0 amide bonds. The second kappa shape index (κ2) is 8.63. The van der Waals surface area contributed by atoms with Crippen molar-refractivity contribution in [1.82, 2.24) is 9.80 Å². The average Bonchev–Trinajstić information content (AvgIpc) is 3.38. The van der Waals surface area contributed by atoms with Gasteiger partial charge in [0.05, 0.1) is 0 Å². The van der Waals surface area contributed by atoms with Crippen LogP contribution < -0.4 is 0 Å². The zero-order valence-electron chi connectivity index (χ0n) is 14.9. The number of piperidine rings is 2. The molecule has 0 atom stereocenters. The van der Waals surface area contributed by atoms with Crippen molar-refractivity contribution in [3.63, 3.8) is 0 Å². The minimum Gasteiger partial charge on any atom is -0.300 e. The molecule has 4 heterocycles. The van der Waals surface area contributed by atoms with E-state index in [1.807, 2.05) is 0 Å². The maximum atomic E-state index is 2.76. The normalized spacial score (nSPS) is 20.6. The van der Waals surface area contributed by atoms with Gasteiger partial charge in [0.2, 0.25) is 0 Å². The van der Waals surface area contributed by atoms with Gasteiger partial charge in [-0.3, -0.25) is 4.90 Å². The lowest BCUT2D eigenvalue weighted by atomic mass is 9.99. The SMILES string of the molecule is C(CN1CCC(N2CCCCC2)CC1)=C(c1ccsc1)c1ccsc1. The van der Waals surface area contributed by atoms with Crippen molar-refractivity contribution in [2.75, 3.05) is 32.7 Å². The smallest absolute Gasteiger partial charge is 0.0172 e. The van der Waals surface area contributed by atoms with Crippen molar-refractivity contribution in [2.45, 2.75) is 38.1 Å². The summed E-state index contributed by atoms with van der Waals surface area (Å²) < 4.78 is 0. The summed E-state index contributed by atoms with van der Waals surface area (Å²) in [5, 5.41) is 8.90. The Labute approximate surface area is 159 Å². The molecular formula is C21H28N2S2. The highest BCUT2D eigenvalue weighted by Crippen LogP contribution is 2.27. The number of nitrogens with zero attached hydrogens (tertiary/aromatic N) is 2. The minimum absolute atomic E-state index is 0.841. The van der Waals surface area contributed by atoms with E-state index in [1.54, 1.807) is 22.7 Å². The molecule has 0 radical (unpaired) electrons. The molecule has 0 bridgehead atoms. The Morgan fingerprint density at radius 3 is 2.12 bits per heavy atom. The van der Waals surface area contributed by atoms with Crippen molar-refractivity contribution in [1.29, 1.82) is 0 Å². The van der Waals surface area contributed by atoms with Crippen LogP contribution in [-0.4, -0.2) is 48.6 Å². The van der Waals surface area contributed by atoms with E-state index >= 15 is 0 Å². The quantitative estimate of drug-likeness (QED) is 0.712. The lowest BCUT2D eigenvalue weighted by Gasteiger charge is -2.40. The summed E-state index contributed by atoms with van der Waals surface area (Å²) in [5.41, 5.74) is 4.14. The summed E-state index contributed by atoms with van der Waals surface area (Å²) in [5.74, 6) is 0. The molecule has 0 aliphatic carbocycles. The maximum Gasteiger partial charge on any atom is 0.0172 e.